The Balaban J connectivity index is 0.00000220. The molecule has 0 aliphatic heterocycles. The minimum absolute atomic E-state index is 0. The Morgan fingerprint density at radius 1 is 1.23 bits per heavy atom. The summed E-state index contributed by atoms with van der Waals surface area (Å²) in [5.41, 5.74) is 3.85. The second-order valence-corrected chi connectivity index (χ2v) is 7.92. The molecule has 0 N–H and O–H groups in total. The molecule has 0 aromatic heterocycles. The summed E-state index contributed by atoms with van der Waals surface area (Å²) in [5.74, 6) is 0. The first-order valence-electron chi connectivity index (χ1n) is 7.38. The molecule has 0 radical (unpaired) electrons. The van der Waals surface area contributed by atoms with Gasteiger partial charge >= 0.3 is 135 Å². The van der Waals surface area contributed by atoms with Gasteiger partial charge in [-0.25, -0.2) is 0 Å². The van der Waals surface area contributed by atoms with E-state index >= 15 is 0 Å². The maximum Gasteiger partial charge on any atom is -1.00 e. The zero-order valence-electron chi connectivity index (χ0n) is 14.1. The molecule has 121 valence electrons. The Labute approximate surface area is 159 Å². The van der Waals surface area contributed by atoms with Crippen LogP contribution in [0.4, 0.5) is 0 Å². The SMILES string of the molecule is CC1=CCC(CC2=[C]([Ti+2])CC=C2)(OC(C)(C)C)C(C)=C1.[Cl-].[Cl-]. The van der Waals surface area contributed by atoms with Gasteiger partial charge in [0.05, 0.1) is 0 Å². The first-order valence-corrected chi connectivity index (χ1v) is 8.16. The van der Waals surface area contributed by atoms with Crippen LogP contribution >= 0.6 is 0 Å². The molecule has 1 nitrogen and oxygen atoms in total. The Bertz CT molecular complexity index is 524. The minimum Gasteiger partial charge on any atom is -1.00 e. The summed E-state index contributed by atoms with van der Waals surface area (Å²) in [6.07, 6.45) is 12.2. The summed E-state index contributed by atoms with van der Waals surface area (Å²) in [6, 6.07) is 0. The van der Waals surface area contributed by atoms with Crippen LogP contribution in [0.15, 0.2) is 44.9 Å². The first kappa shape index (κ1) is 22.2. The topological polar surface area (TPSA) is 9.23 Å². The molecular weight excluding hydrogens is 351 g/mol. The number of allylic oxidation sites excluding steroid dienone is 5. The van der Waals surface area contributed by atoms with Crippen LogP contribution in [0.1, 0.15) is 53.9 Å². The van der Waals surface area contributed by atoms with E-state index in [0.717, 1.165) is 19.3 Å². The monoisotopic (exact) mass is 375 g/mol. The number of rotatable bonds is 3. The third-order valence-electron chi connectivity index (χ3n) is 3.92. The molecular formula is C18H25Cl2OTi. The van der Waals surface area contributed by atoms with Crippen molar-refractivity contribution in [3.63, 3.8) is 0 Å². The fraction of sp³-hybridized carbons (Fsp3) is 0.556. The van der Waals surface area contributed by atoms with Gasteiger partial charge in [0.15, 0.2) is 0 Å². The standard InChI is InChI=1S/C18H25O.2ClH.Ti/c1-14-10-11-18(15(2)12-14,19-17(3,4)5)13-16-8-6-7-9-16;;;/h6,8,10,12H,7,11,13H2,1-5H3;2*1H;/q;;;+2/p-2. The molecule has 4 heteroatoms. The summed E-state index contributed by atoms with van der Waals surface area (Å²) in [7, 11) is 0. The van der Waals surface area contributed by atoms with Crippen LogP contribution in [-0.2, 0) is 25.2 Å². The second-order valence-electron chi connectivity index (χ2n) is 6.98. The minimum atomic E-state index is -0.178. The van der Waals surface area contributed by atoms with Gasteiger partial charge in [-0.1, -0.05) is 0 Å². The van der Waals surface area contributed by atoms with Crippen molar-refractivity contribution in [1.82, 2.24) is 0 Å². The van der Waals surface area contributed by atoms with E-state index in [9.17, 15) is 0 Å². The molecule has 0 saturated carbocycles. The quantitative estimate of drug-likeness (QED) is 0.575. The molecule has 0 fully saturated rings. The van der Waals surface area contributed by atoms with E-state index in [1.807, 2.05) is 0 Å². The zero-order valence-corrected chi connectivity index (χ0v) is 17.2. The van der Waals surface area contributed by atoms with Crippen LogP contribution in [0.25, 0.3) is 0 Å². The van der Waals surface area contributed by atoms with Crippen LogP contribution in [0.5, 0.6) is 0 Å². The molecule has 2 aliphatic rings. The van der Waals surface area contributed by atoms with Crippen molar-refractivity contribution in [2.75, 3.05) is 0 Å². The molecule has 1 unspecified atom stereocenters. The molecule has 22 heavy (non-hydrogen) atoms. The van der Waals surface area contributed by atoms with Crippen molar-refractivity contribution in [3.05, 3.63) is 44.9 Å². The maximum atomic E-state index is 6.56. The number of hydrogen-bond acceptors (Lipinski definition) is 1. The predicted octanol–water partition coefficient (Wildman–Crippen LogP) is -1.00. The fourth-order valence-electron chi connectivity index (χ4n) is 3.00. The van der Waals surface area contributed by atoms with E-state index in [1.165, 1.54) is 20.6 Å². The van der Waals surface area contributed by atoms with Gasteiger partial charge in [-0.15, -0.1) is 0 Å². The van der Waals surface area contributed by atoms with E-state index in [-0.39, 0.29) is 36.0 Å². The third kappa shape index (κ3) is 5.39. The van der Waals surface area contributed by atoms with Crippen LogP contribution in [-0.4, -0.2) is 11.2 Å². The number of halogens is 2. The van der Waals surface area contributed by atoms with Crippen LogP contribution in [0, 0.1) is 0 Å². The molecule has 0 saturated heterocycles. The van der Waals surface area contributed by atoms with Crippen molar-refractivity contribution < 1.29 is 50.0 Å². The Morgan fingerprint density at radius 3 is 2.32 bits per heavy atom. The summed E-state index contributed by atoms with van der Waals surface area (Å²) in [6.45, 7) is 10.8. The number of hydrogen-bond donors (Lipinski definition) is 0. The Hall–Kier alpha value is 0.214. The van der Waals surface area contributed by atoms with Crippen molar-refractivity contribution in [2.24, 2.45) is 0 Å². The van der Waals surface area contributed by atoms with Gasteiger partial charge in [0.2, 0.25) is 0 Å². The van der Waals surface area contributed by atoms with Crippen LogP contribution < -0.4 is 24.8 Å². The van der Waals surface area contributed by atoms with Gasteiger partial charge in [-0.05, 0) is 0 Å². The average Bonchev–Trinajstić information content (AvgIpc) is 2.68. The number of ether oxygens (including phenoxy) is 1. The Kier molecular flexibility index (Phi) is 8.43. The molecule has 0 amide bonds. The molecule has 0 heterocycles. The molecule has 0 spiro atoms. The maximum absolute atomic E-state index is 6.56. The summed E-state index contributed by atoms with van der Waals surface area (Å²) in [5, 5.41) is 0. The van der Waals surface area contributed by atoms with Gasteiger partial charge < -0.3 is 24.8 Å². The molecule has 2 rings (SSSR count). The summed E-state index contributed by atoms with van der Waals surface area (Å²) >= 11 is 2.24. The van der Waals surface area contributed by atoms with Crippen LogP contribution in [0.2, 0.25) is 0 Å². The third-order valence-corrected chi connectivity index (χ3v) is 4.74. The second kappa shape index (κ2) is 8.35. The van der Waals surface area contributed by atoms with Crippen molar-refractivity contribution in [1.29, 1.82) is 0 Å². The first-order chi connectivity index (χ1) is 9.22. The zero-order chi connectivity index (χ0) is 15.0. The van der Waals surface area contributed by atoms with E-state index in [4.69, 9.17) is 4.74 Å². The van der Waals surface area contributed by atoms with E-state index in [1.54, 1.807) is 0 Å². The van der Waals surface area contributed by atoms with Gasteiger partial charge in [-0.3, -0.25) is 0 Å². The van der Waals surface area contributed by atoms with Crippen molar-refractivity contribution in [3.8, 4) is 0 Å². The molecule has 2 aliphatic carbocycles. The van der Waals surface area contributed by atoms with E-state index < -0.39 is 0 Å². The van der Waals surface area contributed by atoms with Gasteiger partial charge in [0.25, 0.3) is 0 Å². The summed E-state index contributed by atoms with van der Waals surface area (Å²) in [4.78, 5) is 0. The molecule has 0 bridgehead atoms. The molecule has 0 aromatic carbocycles. The van der Waals surface area contributed by atoms with Crippen LogP contribution in [0.3, 0.4) is 0 Å². The Morgan fingerprint density at radius 2 is 1.86 bits per heavy atom. The van der Waals surface area contributed by atoms with Crippen molar-refractivity contribution in [2.45, 2.75) is 65.1 Å². The van der Waals surface area contributed by atoms with Gasteiger partial charge in [0, 0.05) is 0 Å². The van der Waals surface area contributed by atoms with Gasteiger partial charge in [-0.2, -0.15) is 0 Å². The van der Waals surface area contributed by atoms with Gasteiger partial charge in [0.1, 0.15) is 0 Å². The predicted molar refractivity (Wildman–Crippen MR) is 81.1 cm³/mol. The largest absolute Gasteiger partial charge is 1.00 e. The molecule has 1 atom stereocenters. The van der Waals surface area contributed by atoms with E-state index in [0.29, 0.717) is 0 Å². The smallest absolute Gasteiger partial charge is 1.00 e. The summed E-state index contributed by atoms with van der Waals surface area (Å²) < 4.78 is 8.04. The van der Waals surface area contributed by atoms with Crippen molar-refractivity contribution >= 4 is 0 Å². The normalized spacial score (nSPS) is 24.5. The molecule has 0 aromatic rings. The average molecular weight is 376 g/mol. The fourth-order valence-corrected chi connectivity index (χ4v) is 3.45. The van der Waals surface area contributed by atoms with E-state index in [2.05, 4.69) is 79.4 Å².